The Bertz CT molecular complexity index is 540. The lowest BCUT2D eigenvalue weighted by molar-refractivity contribution is 0.0695. The van der Waals surface area contributed by atoms with Gasteiger partial charge in [0.1, 0.15) is 0 Å². The highest BCUT2D eigenvalue weighted by atomic mass is 32.1. The number of hydrogen-bond acceptors (Lipinski definition) is 5. The topological polar surface area (TPSA) is 75.1 Å². The zero-order valence-electron chi connectivity index (χ0n) is 9.88. The van der Waals surface area contributed by atoms with Gasteiger partial charge in [-0.25, -0.2) is 14.8 Å². The number of aromatic carboxylic acids is 1. The lowest BCUT2D eigenvalue weighted by atomic mass is 10.2. The molecule has 2 rings (SSSR count). The monoisotopic (exact) mass is 263 g/mol. The van der Waals surface area contributed by atoms with Gasteiger partial charge in [0.2, 0.25) is 5.95 Å². The van der Waals surface area contributed by atoms with Crippen LogP contribution in [-0.2, 0) is 6.42 Å². The standard InChI is InChI=1S/C12H13N3O2S/c1-8-10(11(16)17)7-14-12(15-8)13-5-4-9-3-2-6-18-9/h2-3,6-7H,4-5H2,1H3,(H,16,17)(H,13,14,15). The number of carbonyl (C=O) groups is 1. The first-order valence-corrected chi connectivity index (χ1v) is 6.38. The molecule has 94 valence electrons. The molecular weight excluding hydrogens is 250 g/mol. The fourth-order valence-electron chi connectivity index (χ4n) is 1.51. The summed E-state index contributed by atoms with van der Waals surface area (Å²) in [6.07, 6.45) is 2.24. The number of anilines is 1. The summed E-state index contributed by atoms with van der Waals surface area (Å²) in [5, 5.41) is 14.0. The Morgan fingerprint density at radius 3 is 3.00 bits per heavy atom. The number of carboxylic acids is 1. The van der Waals surface area contributed by atoms with E-state index in [1.54, 1.807) is 18.3 Å². The molecule has 0 saturated heterocycles. The van der Waals surface area contributed by atoms with Crippen LogP contribution in [0.15, 0.2) is 23.7 Å². The van der Waals surface area contributed by atoms with Crippen molar-refractivity contribution in [2.24, 2.45) is 0 Å². The zero-order valence-corrected chi connectivity index (χ0v) is 10.7. The van der Waals surface area contributed by atoms with Crippen molar-refractivity contribution in [2.45, 2.75) is 13.3 Å². The molecule has 0 fully saturated rings. The molecule has 2 aromatic heterocycles. The summed E-state index contributed by atoms with van der Waals surface area (Å²) in [5.74, 6) is -0.535. The minimum absolute atomic E-state index is 0.138. The lowest BCUT2D eigenvalue weighted by Crippen LogP contribution is -2.10. The zero-order chi connectivity index (χ0) is 13.0. The van der Waals surface area contributed by atoms with Gasteiger partial charge in [-0.1, -0.05) is 6.07 Å². The first-order chi connectivity index (χ1) is 8.66. The van der Waals surface area contributed by atoms with E-state index in [1.807, 2.05) is 11.4 Å². The number of rotatable bonds is 5. The van der Waals surface area contributed by atoms with Crippen LogP contribution in [0.25, 0.3) is 0 Å². The van der Waals surface area contributed by atoms with Crippen molar-refractivity contribution in [2.75, 3.05) is 11.9 Å². The molecule has 18 heavy (non-hydrogen) atoms. The van der Waals surface area contributed by atoms with Gasteiger partial charge in [0, 0.05) is 17.6 Å². The highest BCUT2D eigenvalue weighted by Gasteiger charge is 2.09. The van der Waals surface area contributed by atoms with E-state index in [0.717, 1.165) is 13.0 Å². The number of nitrogens with zero attached hydrogens (tertiary/aromatic N) is 2. The fraction of sp³-hybridized carbons (Fsp3) is 0.250. The van der Waals surface area contributed by atoms with Crippen LogP contribution in [-0.4, -0.2) is 27.6 Å². The molecule has 0 bridgehead atoms. The van der Waals surface area contributed by atoms with Gasteiger partial charge < -0.3 is 10.4 Å². The highest BCUT2D eigenvalue weighted by Crippen LogP contribution is 2.10. The molecule has 2 N–H and O–H groups in total. The molecule has 0 aliphatic carbocycles. The average Bonchev–Trinajstić information content (AvgIpc) is 2.81. The number of carboxylic acid groups (broad SMARTS) is 1. The Morgan fingerprint density at radius 2 is 2.39 bits per heavy atom. The number of nitrogens with one attached hydrogen (secondary N) is 1. The van der Waals surface area contributed by atoms with E-state index >= 15 is 0 Å². The first-order valence-electron chi connectivity index (χ1n) is 5.50. The van der Waals surface area contributed by atoms with Crippen LogP contribution in [0.3, 0.4) is 0 Å². The second kappa shape index (κ2) is 5.59. The highest BCUT2D eigenvalue weighted by molar-refractivity contribution is 7.09. The Morgan fingerprint density at radius 1 is 1.56 bits per heavy atom. The van der Waals surface area contributed by atoms with E-state index < -0.39 is 5.97 Å². The van der Waals surface area contributed by atoms with Gasteiger partial charge in [-0.15, -0.1) is 11.3 Å². The third-order valence-electron chi connectivity index (χ3n) is 2.44. The second-order valence-electron chi connectivity index (χ2n) is 3.75. The van der Waals surface area contributed by atoms with Crippen molar-refractivity contribution in [3.05, 3.63) is 39.8 Å². The van der Waals surface area contributed by atoms with Gasteiger partial charge >= 0.3 is 5.97 Å². The maximum absolute atomic E-state index is 10.8. The molecule has 0 spiro atoms. The molecular formula is C12H13N3O2S. The number of aryl methyl sites for hydroxylation is 1. The van der Waals surface area contributed by atoms with Gasteiger partial charge in [0.15, 0.2) is 0 Å². The molecule has 0 atom stereocenters. The molecule has 0 aliphatic rings. The van der Waals surface area contributed by atoms with E-state index in [0.29, 0.717) is 11.6 Å². The SMILES string of the molecule is Cc1nc(NCCc2cccs2)ncc1C(=O)O. The van der Waals surface area contributed by atoms with E-state index in [-0.39, 0.29) is 5.56 Å². The summed E-state index contributed by atoms with van der Waals surface area (Å²) >= 11 is 1.71. The van der Waals surface area contributed by atoms with E-state index in [9.17, 15) is 4.79 Å². The molecule has 2 heterocycles. The third-order valence-corrected chi connectivity index (χ3v) is 3.38. The van der Waals surface area contributed by atoms with Gasteiger partial charge in [-0.2, -0.15) is 0 Å². The van der Waals surface area contributed by atoms with Crippen LogP contribution in [0.2, 0.25) is 0 Å². The average molecular weight is 263 g/mol. The van der Waals surface area contributed by atoms with Gasteiger partial charge in [0.25, 0.3) is 0 Å². The minimum atomic E-state index is -1.00. The van der Waals surface area contributed by atoms with Crippen LogP contribution in [0, 0.1) is 6.92 Å². The van der Waals surface area contributed by atoms with Gasteiger partial charge in [-0.05, 0) is 24.8 Å². The van der Waals surface area contributed by atoms with Crippen LogP contribution in [0.4, 0.5) is 5.95 Å². The quantitative estimate of drug-likeness (QED) is 0.865. The summed E-state index contributed by atoms with van der Waals surface area (Å²) in [7, 11) is 0. The minimum Gasteiger partial charge on any atom is -0.478 e. The van der Waals surface area contributed by atoms with E-state index in [1.165, 1.54) is 11.1 Å². The second-order valence-corrected chi connectivity index (χ2v) is 4.79. The van der Waals surface area contributed by atoms with Crippen molar-refractivity contribution >= 4 is 23.3 Å². The lowest BCUT2D eigenvalue weighted by Gasteiger charge is -2.05. The van der Waals surface area contributed by atoms with Gasteiger partial charge in [-0.3, -0.25) is 0 Å². The van der Waals surface area contributed by atoms with Crippen molar-refractivity contribution in [3.63, 3.8) is 0 Å². The number of hydrogen-bond donors (Lipinski definition) is 2. The van der Waals surface area contributed by atoms with Crippen LogP contribution >= 0.6 is 11.3 Å². The Labute approximate surface area is 109 Å². The predicted molar refractivity (Wildman–Crippen MR) is 70.2 cm³/mol. The van der Waals surface area contributed by atoms with E-state index in [4.69, 9.17) is 5.11 Å². The molecule has 0 amide bonds. The normalized spacial score (nSPS) is 10.3. The molecule has 0 radical (unpaired) electrons. The summed E-state index contributed by atoms with van der Waals surface area (Å²) in [4.78, 5) is 20.2. The molecule has 5 nitrogen and oxygen atoms in total. The fourth-order valence-corrected chi connectivity index (χ4v) is 2.22. The van der Waals surface area contributed by atoms with Crippen molar-refractivity contribution in [1.82, 2.24) is 9.97 Å². The Hall–Kier alpha value is -1.95. The van der Waals surface area contributed by atoms with Crippen molar-refractivity contribution < 1.29 is 9.90 Å². The summed E-state index contributed by atoms with van der Waals surface area (Å²) in [6.45, 7) is 2.39. The van der Waals surface area contributed by atoms with Gasteiger partial charge in [0.05, 0.1) is 11.3 Å². The Kier molecular flexibility index (Phi) is 3.88. The maximum atomic E-state index is 10.8. The largest absolute Gasteiger partial charge is 0.478 e. The number of aromatic nitrogens is 2. The molecule has 0 saturated carbocycles. The summed E-state index contributed by atoms with van der Waals surface area (Å²) < 4.78 is 0. The Balaban J connectivity index is 1.94. The van der Waals surface area contributed by atoms with Crippen LogP contribution in [0.5, 0.6) is 0 Å². The van der Waals surface area contributed by atoms with Crippen LogP contribution in [0.1, 0.15) is 20.9 Å². The molecule has 2 aromatic rings. The van der Waals surface area contributed by atoms with E-state index in [2.05, 4.69) is 21.4 Å². The smallest absolute Gasteiger partial charge is 0.339 e. The van der Waals surface area contributed by atoms with Crippen molar-refractivity contribution in [1.29, 1.82) is 0 Å². The van der Waals surface area contributed by atoms with Crippen molar-refractivity contribution in [3.8, 4) is 0 Å². The number of thiophene rings is 1. The third kappa shape index (κ3) is 3.04. The molecule has 0 aromatic carbocycles. The van der Waals surface area contributed by atoms with Crippen LogP contribution < -0.4 is 5.32 Å². The molecule has 0 unspecified atom stereocenters. The summed E-state index contributed by atoms with van der Waals surface area (Å²) in [5.41, 5.74) is 0.606. The molecule has 0 aliphatic heterocycles. The maximum Gasteiger partial charge on any atom is 0.339 e. The molecule has 6 heteroatoms. The predicted octanol–water partition coefficient (Wildman–Crippen LogP) is 2.20. The summed E-state index contributed by atoms with van der Waals surface area (Å²) in [6, 6.07) is 4.09. The first kappa shape index (κ1) is 12.5.